The molecule has 1 aliphatic heterocycles. The normalized spacial score (nSPS) is 23.4. The van der Waals surface area contributed by atoms with E-state index in [9.17, 15) is 0 Å². The lowest BCUT2D eigenvalue weighted by Gasteiger charge is -2.36. The first-order valence-electron chi connectivity index (χ1n) is 7.55. The number of ether oxygens (including phenoxy) is 1. The molecule has 0 unspecified atom stereocenters. The van der Waals surface area contributed by atoms with Crippen molar-refractivity contribution in [1.82, 2.24) is 10.3 Å². The van der Waals surface area contributed by atoms with E-state index in [2.05, 4.69) is 57.0 Å². The van der Waals surface area contributed by atoms with Crippen molar-refractivity contribution >= 4 is 5.82 Å². The van der Waals surface area contributed by atoms with E-state index in [1.807, 2.05) is 0 Å². The minimum absolute atomic E-state index is 0.262. The molecule has 1 fully saturated rings. The molecule has 0 radical (unpaired) electrons. The molecule has 1 aliphatic rings. The number of nitrogens with one attached hydrogen (secondary N) is 1. The third-order valence-corrected chi connectivity index (χ3v) is 3.46. The summed E-state index contributed by atoms with van der Waals surface area (Å²) in [4.78, 5) is 7.03. The number of morpholine rings is 1. The SMILES string of the molecule is Cc1cc(CNC(C)C)cc(N2C[C@@H](C)O[C@@H](C)C2)n1. The number of anilines is 1. The number of pyridine rings is 1. The molecule has 0 saturated carbocycles. The monoisotopic (exact) mass is 277 g/mol. The largest absolute Gasteiger partial charge is 0.372 e. The van der Waals surface area contributed by atoms with Gasteiger partial charge in [-0.1, -0.05) is 13.8 Å². The number of hydrogen-bond acceptors (Lipinski definition) is 4. The van der Waals surface area contributed by atoms with Crippen LogP contribution in [-0.2, 0) is 11.3 Å². The maximum Gasteiger partial charge on any atom is 0.129 e. The smallest absolute Gasteiger partial charge is 0.129 e. The van der Waals surface area contributed by atoms with E-state index in [1.54, 1.807) is 0 Å². The minimum atomic E-state index is 0.262. The topological polar surface area (TPSA) is 37.4 Å². The highest BCUT2D eigenvalue weighted by Crippen LogP contribution is 2.20. The number of aromatic nitrogens is 1. The van der Waals surface area contributed by atoms with E-state index in [1.165, 1.54) is 5.56 Å². The van der Waals surface area contributed by atoms with Gasteiger partial charge in [0, 0.05) is 31.4 Å². The molecular formula is C16H27N3O. The van der Waals surface area contributed by atoms with E-state index >= 15 is 0 Å². The maximum absolute atomic E-state index is 5.80. The maximum atomic E-state index is 5.80. The molecule has 2 heterocycles. The van der Waals surface area contributed by atoms with E-state index in [0.717, 1.165) is 31.1 Å². The Balaban J connectivity index is 2.14. The van der Waals surface area contributed by atoms with E-state index in [0.29, 0.717) is 6.04 Å². The molecule has 4 nitrogen and oxygen atoms in total. The second-order valence-electron chi connectivity index (χ2n) is 6.17. The van der Waals surface area contributed by atoms with Crippen LogP contribution < -0.4 is 10.2 Å². The summed E-state index contributed by atoms with van der Waals surface area (Å²) < 4.78 is 5.80. The summed E-state index contributed by atoms with van der Waals surface area (Å²) in [6, 6.07) is 4.86. The zero-order chi connectivity index (χ0) is 14.7. The molecule has 2 rings (SSSR count). The molecule has 20 heavy (non-hydrogen) atoms. The Morgan fingerprint density at radius 1 is 1.30 bits per heavy atom. The second-order valence-corrected chi connectivity index (χ2v) is 6.17. The van der Waals surface area contributed by atoms with Crippen molar-refractivity contribution in [3.05, 3.63) is 23.4 Å². The van der Waals surface area contributed by atoms with Crippen molar-refractivity contribution in [2.75, 3.05) is 18.0 Å². The van der Waals surface area contributed by atoms with Gasteiger partial charge in [-0.2, -0.15) is 0 Å². The highest BCUT2D eigenvalue weighted by atomic mass is 16.5. The van der Waals surface area contributed by atoms with E-state index in [4.69, 9.17) is 9.72 Å². The summed E-state index contributed by atoms with van der Waals surface area (Å²) in [7, 11) is 0. The van der Waals surface area contributed by atoms with Gasteiger partial charge in [0.2, 0.25) is 0 Å². The van der Waals surface area contributed by atoms with Gasteiger partial charge in [0.15, 0.2) is 0 Å². The zero-order valence-corrected chi connectivity index (χ0v) is 13.3. The molecule has 0 bridgehead atoms. The number of nitrogens with zero attached hydrogens (tertiary/aromatic N) is 2. The van der Waals surface area contributed by atoms with Gasteiger partial charge in [-0.15, -0.1) is 0 Å². The predicted octanol–water partition coefficient (Wildman–Crippen LogP) is 2.50. The van der Waals surface area contributed by atoms with Crippen LogP contribution in [0.2, 0.25) is 0 Å². The van der Waals surface area contributed by atoms with Crippen molar-refractivity contribution in [2.24, 2.45) is 0 Å². The Bertz CT molecular complexity index is 437. The fourth-order valence-electron chi connectivity index (χ4n) is 2.67. The van der Waals surface area contributed by atoms with Crippen LogP contribution in [0.5, 0.6) is 0 Å². The van der Waals surface area contributed by atoms with Crippen LogP contribution >= 0.6 is 0 Å². The number of rotatable bonds is 4. The van der Waals surface area contributed by atoms with Gasteiger partial charge < -0.3 is 15.0 Å². The van der Waals surface area contributed by atoms with Crippen molar-refractivity contribution in [3.63, 3.8) is 0 Å². The average Bonchev–Trinajstić information content (AvgIpc) is 2.34. The molecule has 1 aromatic rings. The van der Waals surface area contributed by atoms with Crippen LogP contribution in [0.1, 0.15) is 39.0 Å². The van der Waals surface area contributed by atoms with E-state index < -0.39 is 0 Å². The summed E-state index contributed by atoms with van der Waals surface area (Å²) in [6.45, 7) is 13.4. The van der Waals surface area contributed by atoms with Gasteiger partial charge in [0.25, 0.3) is 0 Å². The zero-order valence-electron chi connectivity index (χ0n) is 13.3. The van der Waals surface area contributed by atoms with Crippen molar-refractivity contribution in [1.29, 1.82) is 0 Å². The van der Waals surface area contributed by atoms with Gasteiger partial charge >= 0.3 is 0 Å². The summed E-state index contributed by atoms with van der Waals surface area (Å²) in [5, 5.41) is 3.47. The lowest BCUT2D eigenvalue weighted by molar-refractivity contribution is -0.00547. The standard InChI is InChI=1S/C16H27N3O/c1-11(2)17-8-15-6-12(3)18-16(7-15)19-9-13(4)20-14(5)10-19/h6-7,11,13-14,17H,8-10H2,1-5H3/t13-,14+. The fourth-order valence-corrected chi connectivity index (χ4v) is 2.67. The quantitative estimate of drug-likeness (QED) is 0.917. The van der Waals surface area contributed by atoms with Crippen LogP contribution in [0, 0.1) is 6.92 Å². The van der Waals surface area contributed by atoms with Crippen LogP contribution in [0.25, 0.3) is 0 Å². The third-order valence-electron chi connectivity index (χ3n) is 3.46. The van der Waals surface area contributed by atoms with Crippen LogP contribution in [0.4, 0.5) is 5.82 Å². The lowest BCUT2D eigenvalue weighted by Crippen LogP contribution is -2.46. The van der Waals surface area contributed by atoms with Crippen LogP contribution in [0.15, 0.2) is 12.1 Å². The first-order chi connectivity index (χ1) is 9.44. The molecule has 2 atom stereocenters. The number of hydrogen-bond donors (Lipinski definition) is 1. The Labute approximate surface area is 122 Å². The first kappa shape index (κ1) is 15.3. The average molecular weight is 277 g/mol. The highest BCUT2D eigenvalue weighted by molar-refractivity contribution is 5.43. The molecule has 1 aromatic heterocycles. The predicted molar refractivity (Wildman–Crippen MR) is 83.2 cm³/mol. The molecule has 0 amide bonds. The second kappa shape index (κ2) is 6.55. The Hall–Kier alpha value is -1.13. The molecule has 1 N–H and O–H groups in total. The lowest BCUT2D eigenvalue weighted by atomic mass is 10.2. The minimum Gasteiger partial charge on any atom is -0.372 e. The van der Waals surface area contributed by atoms with Crippen LogP contribution in [0.3, 0.4) is 0 Å². The van der Waals surface area contributed by atoms with Crippen molar-refractivity contribution in [2.45, 2.75) is 59.4 Å². The third kappa shape index (κ3) is 4.18. The summed E-state index contributed by atoms with van der Waals surface area (Å²) in [6.07, 6.45) is 0.525. The van der Waals surface area contributed by atoms with Gasteiger partial charge in [0.05, 0.1) is 12.2 Å². The molecule has 0 aromatic carbocycles. The fraction of sp³-hybridized carbons (Fsp3) is 0.688. The van der Waals surface area contributed by atoms with Crippen molar-refractivity contribution < 1.29 is 4.74 Å². The van der Waals surface area contributed by atoms with E-state index in [-0.39, 0.29) is 12.2 Å². The van der Waals surface area contributed by atoms with Crippen LogP contribution in [-0.4, -0.2) is 36.3 Å². The molecule has 1 saturated heterocycles. The van der Waals surface area contributed by atoms with Gasteiger partial charge in [-0.25, -0.2) is 4.98 Å². The molecule has 4 heteroatoms. The molecular weight excluding hydrogens is 250 g/mol. The Morgan fingerprint density at radius 2 is 1.95 bits per heavy atom. The number of aryl methyl sites for hydroxylation is 1. The van der Waals surface area contributed by atoms with Gasteiger partial charge in [0.1, 0.15) is 5.82 Å². The Kier molecular flexibility index (Phi) is 5.00. The van der Waals surface area contributed by atoms with Gasteiger partial charge in [-0.05, 0) is 38.5 Å². The highest BCUT2D eigenvalue weighted by Gasteiger charge is 2.23. The summed E-state index contributed by atoms with van der Waals surface area (Å²) in [5.74, 6) is 1.08. The molecule has 0 spiro atoms. The summed E-state index contributed by atoms with van der Waals surface area (Å²) in [5.41, 5.74) is 2.38. The van der Waals surface area contributed by atoms with Crippen molar-refractivity contribution in [3.8, 4) is 0 Å². The Morgan fingerprint density at radius 3 is 2.55 bits per heavy atom. The first-order valence-corrected chi connectivity index (χ1v) is 7.55. The molecule has 0 aliphatic carbocycles. The summed E-state index contributed by atoms with van der Waals surface area (Å²) >= 11 is 0. The molecule has 112 valence electrons. The van der Waals surface area contributed by atoms with Gasteiger partial charge in [-0.3, -0.25) is 0 Å².